The zero-order valence-electron chi connectivity index (χ0n) is 14.5. The van der Waals surface area contributed by atoms with Crippen molar-refractivity contribution < 1.29 is 14.3 Å². The molecule has 0 aromatic heterocycles. The maximum absolute atomic E-state index is 12.1. The van der Waals surface area contributed by atoms with Gasteiger partial charge in [0.25, 0.3) is 0 Å². The average Bonchev–Trinajstić information content (AvgIpc) is 3.40. The maximum atomic E-state index is 12.1. The first-order valence-electron chi connectivity index (χ1n) is 9.25. The summed E-state index contributed by atoms with van der Waals surface area (Å²) < 4.78 is 12.0. The molecule has 4 atom stereocenters. The van der Waals surface area contributed by atoms with Crippen LogP contribution in [-0.2, 0) is 20.7 Å². The summed E-state index contributed by atoms with van der Waals surface area (Å²) in [6, 6.07) is 9.88. The molecule has 0 bridgehead atoms. The lowest BCUT2D eigenvalue weighted by Crippen LogP contribution is -2.39. The molecule has 0 amide bonds. The van der Waals surface area contributed by atoms with Gasteiger partial charge in [-0.15, -0.1) is 0 Å². The third kappa shape index (κ3) is 4.81. The van der Waals surface area contributed by atoms with Crippen LogP contribution in [0, 0.1) is 11.8 Å². The average molecular weight is 331 g/mol. The van der Waals surface area contributed by atoms with Crippen molar-refractivity contribution >= 4 is 5.97 Å². The maximum Gasteiger partial charge on any atom is 0.323 e. The van der Waals surface area contributed by atoms with E-state index in [1.54, 1.807) is 0 Å². The van der Waals surface area contributed by atoms with E-state index in [1.165, 1.54) is 18.4 Å². The number of hydrogen-bond acceptors (Lipinski definition) is 4. The molecule has 2 fully saturated rings. The van der Waals surface area contributed by atoms with E-state index in [0.717, 1.165) is 31.8 Å². The van der Waals surface area contributed by atoms with Gasteiger partial charge in [0.15, 0.2) is 0 Å². The van der Waals surface area contributed by atoms with Crippen LogP contribution < -0.4 is 5.73 Å². The molecule has 1 aromatic carbocycles. The van der Waals surface area contributed by atoms with Crippen LogP contribution in [0.15, 0.2) is 30.3 Å². The van der Waals surface area contributed by atoms with Gasteiger partial charge in [0.1, 0.15) is 12.1 Å². The van der Waals surface area contributed by atoms with Crippen LogP contribution >= 0.6 is 0 Å². The summed E-state index contributed by atoms with van der Waals surface area (Å²) in [7, 11) is 0. The molecule has 1 aliphatic carbocycles. The zero-order valence-corrected chi connectivity index (χ0v) is 14.5. The second kappa shape index (κ2) is 8.13. The molecule has 0 spiro atoms. The minimum atomic E-state index is -0.507. The molecule has 132 valence electrons. The molecule has 0 unspecified atom stereocenters. The number of hydrogen-bond donors (Lipinski definition) is 1. The zero-order chi connectivity index (χ0) is 16.9. The van der Waals surface area contributed by atoms with Crippen LogP contribution in [0.5, 0.6) is 0 Å². The topological polar surface area (TPSA) is 61.5 Å². The number of benzene rings is 1. The van der Waals surface area contributed by atoms with Crippen molar-refractivity contribution in [2.45, 2.75) is 63.7 Å². The molecular formula is C20H29NO3. The molecule has 1 aliphatic heterocycles. The molecule has 1 saturated carbocycles. The van der Waals surface area contributed by atoms with Crippen molar-refractivity contribution in [1.82, 2.24) is 0 Å². The fourth-order valence-electron chi connectivity index (χ4n) is 3.47. The Hall–Kier alpha value is -1.39. The van der Waals surface area contributed by atoms with Gasteiger partial charge in [0.05, 0.1) is 6.10 Å². The predicted octanol–water partition coefficient (Wildman–Crippen LogP) is 3.08. The largest absolute Gasteiger partial charge is 0.461 e. The Bertz CT molecular complexity index is 529. The van der Waals surface area contributed by atoms with E-state index in [4.69, 9.17) is 15.2 Å². The number of carbonyl (C=O) groups is 1. The van der Waals surface area contributed by atoms with Crippen LogP contribution in [0.2, 0.25) is 0 Å². The van der Waals surface area contributed by atoms with Crippen molar-refractivity contribution in [2.24, 2.45) is 17.6 Å². The Morgan fingerprint density at radius 3 is 2.62 bits per heavy atom. The summed E-state index contributed by atoms with van der Waals surface area (Å²) >= 11 is 0. The summed E-state index contributed by atoms with van der Waals surface area (Å²) in [5.41, 5.74) is 7.20. The van der Waals surface area contributed by atoms with Crippen molar-refractivity contribution in [3.8, 4) is 0 Å². The van der Waals surface area contributed by atoms with Gasteiger partial charge in [-0.05, 0) is 56.9 Å². The van der Waals surface area contributed by atoms with Crippen LogP contribution in [0.4, 0.5) is 0 Å². The Labute approximate surface area is 144 Å². The molecule has 1 heterocycles. The van der Waals surface area contributed by atoms with Gasteiger partial charge < -0.3 is 15.2 Å². The Kier molecular flexibility index (Phi) is 5.90. The second-order valence-corrected chi connectivity index (χ2v) is 7.35. The van der Waals surface area contributed by atoms with E-state index in [-0.39, 0.29) is 24.1 Å². The lowest BCUT2D eigenvalue weighted by molar-refractivity contribution is -0.155. The lowest BCUT2D eigenvalue weighted by atomic mass is 9.87. The number of nitrogens with two attached hydrogens (primary N) is 1. The Morgan fingerprint density at radius 1 is 1.17 bits per heavy atom. The summed E-state index contributed by atoms with van der Waals surface area (Å²) in [6.07, 6.45) is 5.89. The third-order valence-corrected chi connectivity index (χ3v) is 5.25. The summed E-state index contributed by atoms with van der Waals surface area (Å²) in [5.74, 6) is 0.624. The summed E-state index contributed by atoms with van der Waals surface area (Å²) in [4.78, 5) is 12.1. The number of esters is 1. The van der Waals surface area contributed by atoms with Crippen LogP contribution in [0.3, 0.4) is 0 Å². The smallest absolute Gasteiger partial charge is 0.323 e. The van der Waals surface area contributed by atoms with Crippen molar-refractivity contribution in [3.05, 3.63) is 35.9 Å². The molecule has 1 saturated heterocycles. The van der Waals surface area contributed by atoms with Crippen molar-refractivity contribution in [1.29, 1.82) is 0 Å². The van der Waals surface area contributed by atoms with E-state index in [9.17, 15) is 4.79 Å². The van der Waals surface area contributed by atoms with Crippen molar-refractivity contribution in [3.63, 3.8) is 0 Å². The van der Waals surface area contributed by atoms with Gasteiger partial charge in [-0.1, -0.05) is 30.3 Å². The first kappa shape index (κ1) is 17.4. The predicted molar refractivity (Wildman–Crippen MR) is 93.5 cm³/mol. The first-order chi connectivity index (χ1) is 11.6. The minimum Gasteiger partial charge on any atom is -0.461 e. The van der Waals surface area contributed by atoms with Gasteiger partial charge in [0.2, 0.25) is 0 Å². The molecular weight excluding hydrogens is 302 g/mol. The quantitative estimate of drug-likeness (QED) is 0.842. The normalized spacial score (nSPS) is 31.7. The Morgan fingerprint density at radius 2 is 1.92 bits per heavy atom. The van der Waals surface area contributed by atoms with Crippen LogP contribution in [0.25, 0.3) is 0 Å². The van der Waals surface area contributed by atoms with Gasteiger partial charge in [0, 0.05) is 12.5 Å². The highest BCUT2D eigenvalue weighted by Crippen LogP contribution is 2.32. The van der Waals surface area contributed by atoms with E-state index >= 15 is 0 Å². The van der Waals surface area contributed by atoms with Crippen LogP contribution in [-0.4, -0.2) is 30.8 Å². The third-order valence-electron chi connectivity index (χ3n) is 5.25. The van der Waals surface area contributed by atoms with Gasteiger partial charge in [-0.3, -0.25) is 4.79 Å². The first-order valence-corrected chi connectivity index (χ1v) is 9.25. The fraction of sp³-hybridized carbons (Fsp3) is 0.650. The van der Waals surface area contributed by atoms with E-state index in [1.807, 2.05) is 13.0 Å². The summed E-state index contributed by atoms with van der Waals surface area (Å²) in [5, 5.41) is 0. The number of rotatable bonds is 5. The highest BCUT2D eigenvalue weighted by Gasteiger charge is 2.34. The van der Waals surface area contributed by atoms with E-state index < -0.39 is 6.04 Å². The molecule has 4 heteroatoms. The number of cyclic esters (lactones) is 1. The Balaban J connectivity index is 1.75. The molecule has 2 aliphatic rings. The molecule has 1 aromatic rings. The summed E-state index contributed by atoms with van der Waals surface area (Å²) in [6.45, 7) is 2.82. The van der Waals surface area contributed by atoms with E-state index in [0.29, 0.717) is 6.42 Å². The van der Waals surface area contributed by atoms with E-state index in [2.05, 4.69) is 24.3 Å². The van der Waals surface area contributed by atoms with Gasteiger partial charge in [-0.2, -0.15) is 0 Å². The van der Waals surface area contributed by atoms with Crippen LogP contribution in [0.1, 0.15) is 44.6 Å². The molecule has 3 rings (SSSR count). The monoisotopic (exact) mass is 331 g/mol. The molecule has 0 radical (unpaired) electrons. The lowest BCUT2D eigenvalue weighted by Gasteiger charge is -2.31. The fourth-order valence-corrected chi connectivity index (χ4v) is 3.47. The number of ether oxygens (including phenoxy) is 2. The van der Waals surface area contributed by atoms with Gasteiger partial charge in [-0.25, -0.2) is 0 Å². The molecule has 2 N–H and O–H groups in total. The SMILES string of the molecule is C[C@@H]1OC(=O)[C@@H](N)CCC[C@H](OCC2CC2)[C@H]1Cc1ccccc1. The highest BCUT2D eigenvalue weighted by atomic mass is 16.5. The molecule has 4 nitrogen and oxygen atoms in total. The standard InChI is InChI=1S/C20H29NO3/c1-14-17(12-15-6-3-2-4-7-15)19(23-13-16-10-11-16)9-5-8-18(21)20(22)24-14/h2-4,6-7,14,16-19H,5,8-13,21H2,1H3/t14-,17-,18-,19-/m0/s1. The highest BCUT2D eigenvalue weighted by molar-refractivity contribution is 5.75. The minimum absolute atomic E-state index is 0.124. The second-order valence-electron chi connectivity index (χ2n) is 7.35. The molecule has 24 heavy (non-hydrogen) atoms. The van der Waals surface area contributed by atoms with Gasteiger partial charge >= 0.3 is 5.97 Å². The van der Waals surface area contributed by atoms with Crippen molar-refractivity contribution in [2.75, 3.05) is 6.61 Å². The number of carbonyl (C=O) groups excluding carboxylic acids is 1.